The van der Waals surface area contributed by atoms with Crippen LogP contribution in [0.25, 0.3) is 11.2 Å². The number of nitrogens with one attached hydrogen (secondary N) is 1. The number of hydrogen-bond acceptors (Lipinski definition) is 10. The third kappa shape index (κ3) is 4.36. The fraction of sp³-hybridized carbons (Fsp3) is 0.400. The van der Waals surface area contributed by atoms with Crippen molar-refractivity contribution in [3.05, 3.63) is 18.5 Å². The predicted molar refractivity (Wildman–Crippen MR) is 120 cm³/mol. The number of aryl methyl sites for hydroxylation is 1. The van der Waals surface area contributed by atoms with Crippen molar-refractivity contribution in [3.63, 3.8) is 0 Å². The zero-order valence-electron chi connectivity index (χ0n) is 18.0. The van der Waals surface area contributed by atoms with Crippen LogP contribution in [-0.4, -0.2) is 64.1 Å². The predicted octanol–water partition coefficient (Wildman–Crippen LogP) is 1.24. The summed E-state index contributed by atoms with van der Waals surface area (Å²) in [6.07, 6.45) is 0.979. The Hall–Kier alpha value is -3.25. The number of rotatable bonds is 8. The Balaban J connectivity index is 1.65. The van der Waals surface area contributed by atoms with Gasteiger partial charge in [-0.3, -0.25) is 4.79 Å². The van der Waals surface area contributed by atoms with Crippen molar-refractivity contribution >= 4 is 40.3 Å². The Morgan fingerprint density at radius 3 is 2.81 bits per heavy atom. The van der Waals surface area contributed by atoms with Crippen molar-refractivity contribution in [1.82, 2.24) is 24.8 Å². The van der Waals surface area contributed by atoms with Crippen molar-refractivity contribution in [3.8, 4) is 11.5 Å². The summed E-state index contributed by atoms with van der Waals surface area (Å²) in [5.41, 5.74) is 8.15. The molecule has 0 saturated carbocycles. The zero-order valence-corrected chi connectivity index (χ0v) is 18.8. The van der Waals surface area contributed by atoms with Crippen LogP contribution in [0.1, 0.15) is 13.3 Å². The van der Waals surface area contributed by atoms with Gasteiger partial charge in [-0.1, -0.05) is 0 Å². The highest BCUT2D eigenvalue weighted by Gasteiger charge is 2.22. The van der Waals surface area contributed by atoms with Crippen LogP contribution < -0.4 is 25.4 Å². The Morgan fingerprint density at radius 1 is 1.34 bits per heavy atom. The maximum Gasteiger partial charge on any atom is 0.248 e. The van der Waals surface area contributed by atoms with Crippen LogP contribution in [0.3, 0.4) is 0 Å². The lowest BCUT2D eigenvalue weighted by Gasteiger charge is -2.18. The van der Waals surface area contributed by atoms with E-state index in [-0.39, 0.29) is 6.79 Å². The maximum atomic E-state index is 11.6. The van der Waals surface area contributed by atoms with E-state index >= 15 is 0 Å². The summed E-state index contributed by atoms with van der Waals surface area (Å²) in [6, 6.07) is 3.88. The number of amides is 1. The fourth-order valence-corrected chi connectivity index (χ4v) is 4.39. The first-order valence-electron chi connectivity index (χ1n) is 10.1. The number of benzene rings is 1. The molecule has 170 valence electrons. The molecule has 0 spiro atoms. The molecule has 3 heterocycles. The van der Waals surface area contributed by atoms with Crippen molar-refractivity contribution in [2.75, 3.05) is 38.1 Å². The molecular weight excluding hydrogens is 434 g/mol. The second-order valence-electron chi connectivity index (χ2n) is 7.47. The summed E-state index contributed by atoms with van der Waals surface area (Å²) < 4.78 is 13.0. The zero-order chi connectivity index (χ0) is 22.8. The number of anilines is 2. The Bertz CT molecular complexity index is 1150. The highest BCUT2D eigenvalue weighted by Crippen LogP contribution is 2.44. The number of nitrogens with two attached hydrogens (primary N) is 1. The van der Waals surface area contributed by atoms with Crippen LogP contribution in [0.2, 0.25) is 0 Å². The number of imidazole rings is 1. The summed E-state index contributed by atoms with van der Waals surface area (Å²) in [4.78, 5) is 27.7. The van der Waals surface area contributed by atoms with E-state index in [9.17, 15) is 9.90 Å². The molecule has 12 heteroatoms. The SMILES string of the molecule is CC(O)C(=O)NCCCn1c(Sc2cc3c(cc2N(C)C)OCO3)nc2c(N)ncnc21. The van der Waals surface area contributed by atoms with Crippen molar-refractivity contribution in [2.24, 2.45) is 0 Å². The van der Waals surface area contributed by atoms with E-state index in [2.05, 4.69) is 15.3 Å². The molecule has 0 radical (unpaired) electrons. The Morgan fingerprint density at radius 2 is 2.09 bits per heavy atom. The van der Waals surface area contributed by atoms with E-state index in [1.807, 2.05) is 35.7 Å². The number of carbonyl (C=O) groups excluding carboxylic acids is 1. The molecule has 1 atom stereocenters. The van der Waals surface area contributed by atoms with Gasteiger partial charge in [-0.15, -0.1) is 0 Å². The molecule has 1 unspecified atom stereocenters. The van der Waals surface area contributed by atoms with E-state index in [4.69, 9.17) is 20.2 Å². The van der Waals surface area contributed by atoms with Crippen LogP contribution in [0.4, 0.5) is 11.5 Å². The van der Waals surface area contributed by atoms with Crippen molar-refractivity contribution < 1.29 is 19.4 Å². The summed E-state index contributed by atoms with van der Waals surface area (Å²) in [5.74, 6) is 1.28. The van der Waals surface area contributed by atoms with Crippen LogP contribution in [0.15, 0.2) is 28.5 Å². The van der Waals surface area contributed by atoms with Gasteiger partial charge in [-0.2, -0.15) is 0 Å². The number of aliphatic hydroxyl groups is 1. The van der Waals surface area contributed by atoms with E-state index in [1.165, 1.54) is 25.0 Å². The average Bonchev–Trinajstić information content (AvgIpc) is 3.35. The molecule has 4 N–H and O–H groups in total. The number of hydrogen-bond donors (Lipinski definition) is 3. The minimum Gasteiger partial charge on any atom is -0.454 e. The highest BCUT2D eigenvalue weighted by atomic mass is 32.2. The highest BCUT2D eigenvalue weighted by molar-refractivity contribution is 7.99. The smallest absolute Gasteiger partial charge is 0.248 e. The first-order chi connectivity index (χ1) is 15.3. The Labute approximate surface area is 188 Å². The third-order valence-electron chi connectivity index (χ3n) is 4.90. The van der Waals surface area contributed by atoms with Gasteiger partial charge in [0.1, 0.15) is 12.4 Å². The standard InChI is InChI=1S/C20H25N7O4S/c1-11(28)19(29)22-5-4-6-27-18-16(17(21)23-9-24-18)25-20(27)32-15-8-14-13(30-10-31-14)7-12(15)26(2)3/h7-9,11,28H,4-6,10H2,1-3H3,(H,22,29)(H2,21,23,24). The summed E-state index contributed by atoms with van der Waals surface area (Å²) >= 11 is 1.46. The van der Waals surface area contributed by atoms with Gasteiger partial charge in [0, 0.05) is 44.2 Å². The molecule has 11 nitrogen and oxygen atoms in total. The summed E-state index contributed by atoms with van der Waals surface area (Å²) in [7, 11) is 3.91. The number of nitrogens with zero attached hydrogens (tertiary/aromatic N) is 5. The molecule has 1 amide bonds. The first-order valence-corrected chi connectivity index (χ1v) is 10.9. The Kier molecular flexibility index (Phi) is 6.24. The number of aromatic nitrogens is 4. The maximum absolute atomic E-state index is 11.6. The van der Waals surface area contributed by atoms with Gasteiger partial charge in [0.25, 0.3) is 0 Å². The molecular formula is C20H25N7O4S. The number of carbonyl (C=O) groups is 1. The van der Waals surface area contributed by atoms with Gasteiger partial charge >= 0.3 is 0 Å². The normalized spacial score (nSPS) is 13.4. The molecule has 0 bridgehead atoms. The monoisotopic (exact) mass is 459 g/mol. The van der Waals surface area contributed by atoms with Crippen molar-refractivity contribution in [2.45, 2.75) is 36.0 Å². The lowest BCUT2D eigenvalue weighted by Crippen LogP contribution is -2.33. The molecule has 0 aliphatic carbocycles. The lowest BCUT2D eigenvalue weighted by molar-refractivity contribution is -0.128. The van der Waals surface area contributed by atoms with Gasteiger partial charge in [0.15, 0.2) is 33.6 Å². The topological polar surface area (TPSA) is 141 Å². The molecule has 2 aromatic heterocycles. The van der Waals surface area contributed by atoms with Gasteiger partial charge in [0.05, 0.1) is 5.69 Å². The van der Waals surface area contributed by atoms with Crippen LogP contribution in [0.5, 0.6) is 11.5 Å². The summed E-state index contributed by atoms with van der Waals surface area (Å²) in [6.45, 7) is 2.57. The van der Waals surface area contributed by atoms with Gasteiger partial charge in [-0.25, -0.2) is 15.0 Å². The average molecular weight is 460 g/mol. The number of aliphatic hydroxyl groups excluding tert-OH is 1. The van der Waals surface area contributed by atoms with Crippen LogP contribution in [-0.2, 0) is 11.3 Å². The second-order valence-corrected chi connectivity index (χ2v) is 8.48. The van der Waals surface area contributed by atoms with E-state index in [1.54, 1.807) is 0 Å². The summed E-state index contributed by atoms with van der Waals surface area (Å²) in [5, 5.41) is 12.7. The molecule has 1 aliphatic rings. The first kappa shape index (κ1) is 22.0. The molecule has 0 fully saturated rings. The molecule has 3 aromatic rings. The third-order valence-corrected chi connectivity index (χ3v) is 5.94. The lowest BCUT2D eigenvalue weighted by atomic mass is 10.2. The fourth-order valence-electron chi connectivity index (χ4n) is 3.25. The van der Waals surface area contributed by atoms with Gasteiger partial charge in [0.2, 0.25) is 12.7 Å². The van der Waals surface area contributed by atoms with Gasteiger partial charge in [-0.05, 0) is 25.1 Å². The molecule has 32 heavy (non-hydrogen) atoms. The molecule has 4 rings (SSSR count). The number of ether oxygens (including phenoxy) is 2. The van der Waals surface area contributed by atoms with E-state index in [0.29, 0.717) is 53.1 Å². The van der Waals surface area contributed by atoms with Gasteiger partial charge < -0.3 is 35.1 Å². The molecule has 1 aromatic carbocycles. The van der Waals surface area contributed by atoms with Crippen LogP contribution in [0, 0.1) is 0 Å². The quantitative estimate of drug-likeness (QED) is 0.421. The minimum atomic E-state index is -1.04. The van der Waals surface area contributed by atoms with Crippen molar-refractivity contribution in [1.29, 1.82) is 0 Å². The number of nitrogen functional groups attached to an aromatic ring is 1. The van der Waals surface area contributed by atoms with Crippen LogP contribution >= 0.6 is 11.8 Å². The van der Waals surface area contributed by atoms with E-state index < -0.39 is 12.0 Å². The minimum absolute atomic E-state index is 0.194. The molecule has 0 saturated heterocycles. The largest absolute Gasteiger partial charge is 0.454 e. The number of fused-ring (bicyclic) bond motifs is 2. The molecule has 1 aliphatic heterocycles. The van der Waals surface area contributed by atoms with E-state index in [0.717, 1.165) is 10.6 Å². The second kappa shape index (κ2) is 9.09.